The SMILES string of the molecule is CCCCCCCOc1c(N(CC)CCNC(=O)CC2(C)CSC(=O)N2)cnn(-c2ccccc2)c1=O. The normalized spacial score (nSPS) is 16.9. The van der Waals surface area contributed by atoms with Crippen LogP contribution >= 0.6 is 11.8 Å². The van der Waals surface area contributed by atoms with Gasteiger partial charge in [-0.2, -0.15) is 9.78 Å². The third kappa shape index (κ3) is 8.24. The lowest BCUT2D eigenvalue weighted by molar-refractivity contribution is -0.122. The monoisotopic (exact) mass is 529 g/mol. The smallest absolute Gasteiger partial charge is 0.316 e. The minimum Gasteiger partial charge on any atom is -0.486 e. The number of anilines is 1. The van der Waals surface area contributed by atoms with Crippen LogP contribution in [0.1, 0.15) is 59.3 Å². The van der Waals surface area contributed by atoms with E-state index in [0.717, 1.165) is 19.3 Å². The summed E-state index contributed by atoms with van der Waals surface area (Å²) in [6.45, 7) is 8.00. The summed E-state index contributed by atoms with van der Waals surface area (Å²) in [6.07, 6.45) is 7.34. The molecule has 37 heavy (non-hydrogen) atoms. The molecule has 2 aromatic rings. The molecule has 0 bridgehead atoms. The molecule has 0 aliphatic carbocycles. The lowest BCUT2D eigenvalue weighted by atomic mass is 10.0. The van der Waals surface area contributed by atoms with Gasteiger partial charge >= 0.3 is 5.56 Å². The molecule has 1 aromatic heterocycles. The highest BCUT2D eigenvalue weighted by Gasteiger charge is 2.35. The number of nitrogens with zero attached hydrogens (tertiary/aromatic N) is 3. The number of para-hydroxylation sites is 1. The van der Waals surface area contributed by atoms with Crippen LogP contribution in [0.25, 0.3) is 5.69 Å². The Kier molecular flexibility index (Phi) is 10.9. The molecule has 3 rings (SSSR count). The summed E-state index contributed by atoms with van der Waals surface area (Å²) < 4.78 is 7.45. The molecular weight excluding hydrogens is 490 g/mol. The van der Waals surface area contributed by atoms with E-state index in [1.807, 2.05) is 49.1 Å². The second-order valence-corrected chi connectivity index (χ2v) is 10.5. The van der Waals surface area contributed by atoms with Crippen molar-refractivity contribution in [1.82, 2.24) is 20.4 Å². The van der Waals surface area contributed by atoms with Gasteiger partial charge < -0.3 is 20.3 Å². The van der Waals surface area contributed by atoms with Crippen LogP contribution in [0.3, 0.4) is 0 Å². The zero-order valence-corrected chi connectivity index (χ0v) is 22.9. The van der Waals surface area contributed by atoms with Crippen molar-refractivity contribution in [3.05, 3.63) is 46.9 Å². The molecule has 2 heterocycles. The fourth-order valence-electron chi connectivity index (χ4n) is 4.26. The molecule has 10 heteroatoms. The van der Waals surface area contributed by atoms with Crippen LogP contribution < -0.4 is 25.8 Å². The van der Waals surface area contributed by atoms with Crippen LogP contribution in [-0.4, -0.2) is 58.5 Å². The Morgan fingerprint density at radius 2 is 1.95 bits per heavy atom. The number of ether oxygens (including phenoxy) is 1. The summed E-state index contributed by atoms with van der Waals surface area (Å²) in [5, 5.41) is 10.1. The maximum Gasteiger partial charge on any atom is 0.316 e. The fourth-order valence-corrected chi connectivity index (χ4v) is 5.20. The molecule has 1 aliphatic rings. The molecule has 1 aliphatic heterocycles. The zero-order chi connectivity index (χ0) is 26.7. The van der Waals surface area contributed by atoms with Crippen molar-refractivity contribution >= 4 is 28.6 Å². The van der Waals surface area contributed by atoms with E-state index in [2.05, 4.69) is 22.7 Å². The quantitative estimate of drug-likeness (QED) is 0.334. The van der Waals surface area contributed by atoms with E-state index < -0.39 is 5.54 Å². The van der Waals surface area contributed by atoms with Gasteiger partial charge in [0.2, 0.25) is 11.7 Å². The first-order chi connectivity index (χ1) is 17.9. The van der Waals surface area contributed by atoms with Gasteiger partial charge in [0, 0.05) is 25.4 Å². The summed E-state index contributed by atoms with van der Waals surface area (Å²) in [5.41, 5.74) is 0.462. The molecule has 1 unspecified atom stereocenters. The van der Waals surface area contributed by atoms with Crippen LogP contribution in [-0.2, 0) is 4.79 Å². The molecule has 1 aromatic carbocycles. The molecule has 0 radical (unpaired) electrons. The predicted molar refractivity (Wildman–Crippen MR) is 149 cm³/mol. The van der Waals surface area contributed by atoms with Gasteiger partial charge in [-0.05, 0) is 32.4 Å². The Morgan fingerprint density at radius 1 is 1.19 bits per heavy atom. The number of benzene rings is 1. The van der Waals surface area contributed by atoms with Gasteiger partial charge in [0.05, 0.1) is 30.5 Å². The van der Waals surface area contributed by atoms with Crippen molar-refractivity contribution in [3.8, 4) is 11.4 Å². The molecule has 0 saturated carbocycles. The Morgan fingerprint density at radius 3 is 2.62 bits per heavy atom. The number of amides is 2. The van der Waals surface area contributed by atoms with Crippen molar-refractivity contribution in [2.24, 2.45) is 0 Å². The van der Waals surface area contributed by atoms with E-state index in [-0.39, 0.29) is 28.9 Å². The molecule has 2 amide bonds. The third-order valence-corrected chi connectivity index (χ3v) is 7.46. The first-order valence-electron chi connectivity index (χ1n) is 13.1. The minimum absolute atomic E-state index is 0.0944. The average Bonchev–Trinajstić information content (AvgIpc) is 3.23. The Labute approximate surface area is 223 Å². The number of aromatic nitrogens is 2. The number of unbranched alkanes of at least 4 members (excludes halogenated alkanes) is 4. The van der Waals surface area contributed by atoms with Gasteiger partial charge in [0.1, 0.15) is 5.69 Å². The molecule has 0 spiro atoms. The number of carbonyl (C=O) groups excluding carboxylic acids is 2. The summed E-state index contributed by atoms with van der Waals surface area (Å²) in [5.74, 6) is 0.728. The highest BCUT2D eigenvalue weighted by molar-refractivity contribution is 8.14. The van der Waals surface area contributed by atoms with Gasteiger partial charge in [0.15, 0.2) is 0 Å². The Hall–Kier alpha value is -3.01. The topological polar surface area (TPSA) is 106 Å². The van der Waals surface area contributed by atoms with E-state index in [0.29, 0.717) is 43.4 Å². The van der Waals surface area contributed by atoms with E-state index in [4.69, 9.17) is 4.74 Å². The predicted octanol–water partition coefficient (Wildman–Crippen LogP) is 4.13. The summed E-state index contributed by atoms with van der Waals surface area (Å²) in [6, 6.07) is 9.29. The van der Waals surface area contributed by atoms with Gasteiger partial charge in [-0.15, -0.1) is 0 Å². The van der Waals surface area contributed by atoms with E-state index in [9.17, 15) is 14.4 Å². The number of rotatable bonds is 15. The van der Waals surface area contributed by atoms with Gasteiger partial charge in [0.25, 0.3) is 5.24 Å². The number of likely N-dealkylation sites (N-methyl/N-ethyl adjacent to an activating group) is 1. The molecule has 9 nitrogen and oxygen atoms in total. The van der Waals surface area contributed by atoms with Gasteiger partial charge in [-0.25, -0.2) is 0 Å². The molecule has 2 N–H and O–H groups in total. The van der Waals surface area contributed by atoms with Crippen molar-refractivity contribution in [2.45, 2.75) is 64.8 Å². The van der Waals surface area contributed by atoms with Gasteiger partial charge in [-0.1, -0.05) is 62.6 Å². The van der Waals surface area contributed by atoms with Crippen LogP contribution in [0, 0.1) is 0 Å². The van der Waals surface area contributed by atoms with Crippen LogP contribution in [0.2, 0.25) is 0 Å². The van der Waals surface area contributed by atoms with Crippen LogP contribution in [0.15, 0.2) is 41.3 Å². The molecule has 202 valence electrons. The molecule has 1 saturated heterocycles. The number of hydrogen-bond donors (Lipinski definition) is 2. The number of thioether (sulfide) groups is 1. The van der Waals surface area contributed by atoms with E-state index in [1.165, 1.54) is 29.3 Å². The average molecular weight is 530 g/mol. The highest BCUT2D eigenvalue weighted by atomic mass is 32.2. The summed E-state index contributed by atoms with van der Waals surface area (Å²) >= 11 is 1.20. The van der Waals surface area contributed by atoms with Gasteiger partial charge in [-0.3, -0.25) is 14.4 Å². The lowest BCUT2D eigenvalue weighted by Crippen LogP contribution is -2.45. The second kappa shape index (κ2) is 14.1. The third-order valence-electron chi connectivity index (χ3n) is 6.31. The Bertz CT molecular complexity index is 1090. The fraction of sp³-hybridized carbons (Fsp3) is 0.556. The summed E-state index contributed by atoms with van der Waals surface area (Å²) in [7, 11) is 0. The van der Waals surface area contributed by atoms with Crippen molar-refractivity contribution in [3.63, 3.8) is 0 Å². The number of carbonyl (C=O) groups is 2. The number of hydrogen-bond acceptors (Lipinski definition) is 7. The van der Waals surface area contributed by atoms with E-state index >= 15 is 0 Å². The first-order valence-corrected chi connectivity index (χ1v) is 14.1. The highest BCUT2D eigenvalue weighted by Crippen LogP contribution is 2.26. The Balaban J connectivity index is 1.70. The lowest BCUT2D eigenvalue weighted by Gasteiger charge is -2.26. The molecular formula is C27H39N5O4S. The maximum absolute atomic E-state index is 13.5. The van der Waals surface area contributed by atoms with Crippen LogP contribution in [0.4, 0.5) is 10.5 Å². The molecule has 1 atom stereocenters. The second-order valence-electron chi connectivity index (χ2n) is 9.54. The number of nitrogens with one attached hydrogen (secondary N) is 2. The molecule has 1 fully saturated rings. The van der Waals surface area contributed by atoms with E-state index in [1.54, 1.807) is 6.20 Å². The van der Waals surface area contributed by atoms with Crippen molar-refractivity contribution < 1.29 is 14.3 Å². The minimum atomic E-state index is -0.527. The zero-order valence-electron chi connectivity index (χ0n) is 22.1. The van der Waals surface area contributed by atoms with Crippen molar-refractivity contribution in [1.29, 1.82) is 0 Å². The van der Waals surface area contributed by atoms with Crippen molar-refractivity contribution in [2.75, 3.05) is 36.9 Å². The van der Waals surface area contributed by atoms with Crippen LogP contribution in [0.5, 0.6) is 5.75 Å². The maximum atomic E-state index is 13.5. The first kappa shape index (κ1) is 28.6. The standard InChI is InChI=1S/C27H39N5O4S/c1-4-6-7-8-12-17-36-24-22(19-29-32(25(24)34)21-13-10-9-11-14-21)31(5-2)16-15-28-23(33)18-27(3)20-37-26(35)30-27/h9-11,13-14,19H,4-8,12,15-18,20H2,1-3H3,(H,28,33)(H,30,35). The largest absolute Gasteiger partial charge is 0.486 e. The summed E-state index contributed by atoms with van der Waals surface area (Å²) in [4.78, 5) is 39.5.